The number of nitrogens with zero attached hydrogens (tertiary/aromatic N) is 2. The van der Waals surface area contributed by atoms with E-state index >= 15 is 0 Å². The second-order valence-electron chi connectivity index (χ2n) is 5.37. The van der Waals surface area contributed by atoms with E-state index in [1.807, 2.05) is 36.4 Å². The molecule has 0 N–H and O–H groups in total. The topological polar surface area (TPSA) is 25.8 Å². The van der Waals surface area contributed by atoms with Crippen molar-refractivity contribution in [3.63, 3.8) is 0 Å². The summed E-state index contributed by atoms with van der Waals surface area (Å²) in [7, 11) is 4.61. The number of hydrogen-bond donors (Lipinski definition) is 0. The predicted molar refractivity (Wildman–Crippen MR) is 95.0 cm³/mol. The molecule has 0 spiro atoms. The van der Waals surface area contributed by atoms with Crippen LogP contribution in [0.25, 0.3) is 33.4 Å². The molecular formula is C20H11ClF2N2Pt. The van der Waals surface area contributed by atoms with Gasteiger partial charge in [0.2, 0.25) is 0 Å². The van der Waals surface area contributed by atoms with Crippen molar-refractivity contribution in [2.45, 2.75) is 0 Å². The van der Waals surface area contributed by atoms with Crippen molar-refractivity contribution in [3.8, 4) is 22.6 Å². The van der Waals surface area contributed by atoms with Crippen molar-refractivity contribution in [2.75, 3.05) is 0 Å². The van der Waals surface area contributed by atoms with Crippen molar-refractivity contribution >= 4 is 20.2 Å². The zero-order chi connectivity index (χ0) is 18.5. The van der Waals surface area contributed by atoms with E-state index in [1.54, 1.807) is 37.1 Å². The molecule has 0 amide bonds. The first-order valence-electron chi connectivity index (χ1n) is 7.52. The van der Waals surface area contributed by atoms with Crippen LogP contribution >= 0.6 is 9.42 Å². The summed E-state index contributed by atoms with van der Waals surface area (Å²) in [6.07, 6.45) is 1.78. The number of aromatic nitrogens is 2. The van der Waals surface area contributed by atoms with Crippen LogP contribution in [0.5, 0.6) is 0 Å². The van der Waals surface area contributed by atoms with Crippen molar-refractivity contribution in [1.82, 2.24) is 9.97 Å². The van der Waals surface area contributed by atoms with Crippen molar-refractivity contribution in [2.24, 2.45) is 0 Å². The summed E-state index contributed by atoms with van der Waals surface area (Å²) in [6, 6.07) is 19.6. The van der Waals surface area contributed by atoms with Crippen LogP contribution in [0.3, 0.4) is 0 Å². The van der Waals surface area contributed by atoms with Crippen LogP contribution in [0.15, 0.2) is 66.9 Å². The van der Waals surface area contributed by atoms with Gasteiger partial charge < -0.3 is 0 Å². The second-order valence-corrected chi connectivity index (χ2v) is 5.37. The van der Waals surface area contributed by atoms with Gasteiger partial charge in [0, 0.05) is 23.2 Å². The first-order valence-corrected chi connectivity index (χ1v) is 10.3. The Bertz CT molecular complexity index is 1060. The fraction of sp³-hybridized carbons (Fsp3) is 0. The molecule has 2 nitrogen and oxygen atoms in total. The Kier molecular flexibility index (Phi) is 6.07. The Balaban J connectivity index is 0.000000948. The van der Waals surface area contributed by atoms with E-state index < -0.39 is 11.6 Å². The average molecular weight is 548 g/mol. The number of pyridine rings is 2. The van der Waals surface area contributed by atoms with Crippen LogP contribution in [0, 0.1) is 17.7 Å². The van der Waals surface area contributed by atoms with Crippen LogP contribution in [0.1, 0.15) is 0 Å². The van der Waals surface area contributed by atoms with Crippen LogP contribution < -0.4 is 0 Å². The zero-order valence-electron chi connectivity index (χ0n) is 13.2. The molecule has 4 rings (SSSR count). The molecule has 0 saturated carbocycles. The number of hydrogen-bond acceptors (Lipinski definition) is 2. The van der Waals surface area contributed by atoms with Crippen molar-refractivity contribution in [3.05, 3.63) is 84.6 Å². The predicted octanol–water partition coefficient (Wildman–Crippen LogP) is 5.73. The summed E-state index contributed by atoms with van der Waals surface area (Å²) in [4.78, 5) is 8.88. The molecule has 0 aliphatic carbocycles. The molecule has 2 aromatic heterocycles. The van der Waals surface area contributed by atoms with Crippen LogP contribution in [-0.4, -0.2) is 9.97 Å². The zero-order valence-corrected chi connectivity index (χ0v) is 16.2. The fourth-order valence-corrected chi connectivity index (χ4v) is 2.58. The molecule has 0 bridgehead atoms. The molecule has 0 aliphatic rings. The SMILES string of the molecule is Fc1c[c-]c(-c2cccc(-c3cc4ccccc4cn3)n2)c(F)c1.[Cl][Pt+]. The Morgan fingerprint density at radius 2 is 1.58 bits per heavy atom. The molecule has 0 unspecified atom stereocenters. The summed E-state index contributed by atoms with van der Waals surface area (Å²) < 4.78 is 27.0. The van der Waals surface area contributed by atoms with E-state index in [9.17, 15) is 8.78 Å². The molecule has 26 heavy (non-hydrogen) atoms. The van der Waals surface area contributed by atoms with Gasteiger partial charge in [-0.25, -0.2) is 0 Å². The van der Waals surface area contributed by atoms with Crippen LogP contribution in [0.2, 0.25) is 0 Å². The number of rotatable bonds is 2. The quantitative estimate of drug-likeness (QED) is 0.300. The second kappa shape index (κ2) is 8.48. The maximum absolute atomic E-state index is 14.0. The molecule has 0 fully saturated rings. The molecule has 0 atom stereocenters. The molecule has 132 valence electrons. The van der Waals surface area contributed by atoms with Gasteiger partial charge in [-0.3, -0.25) is 18.7 Å². The summed E-state index contributed by atoms with van der Waals surface area (Å²) in [5.74, 6) is -1.35. The van der Waals surface area contributed by atoms with Gasteiger partial charge in [-0.1, -0.05) is 48.0 Å². The first kappa shape index (κ1) is 18.6. The Labute approximate surface area is 164 Å². The van der Waals surface area contributed by atoms with Gasteiger partial charge in [-0.15, -0.1) is 12.1 Å². The molecule has 6 heteroatoms. The Morgan fingerprint density at radius 3 is 2.35 bits per heavy atom. The Hall–Kier alpha value is -2.16. The van der Waals surface area contributed by atoms with Gasteiger partial charge >= 0.3 is 28.2 Å². The minimum atomic E-state index is -0.689. The normalized spacial score (nSPS) is 10.3. The van der Waals surface area contributed by atoms with Gasteiger partial charge in [-0.2, -0.15) is 0 Å². The minimum absolute atomic E-state index is 0.138. The molecule has 2 heterocycles. The number of benzene rings is 2. The third kappa shape index (κ3) is 3.98. The van der Waals surface area contributed by atoms with E-state index in [2.05, 4.69) is 25.5 Å². The maximum atomic E-state index is 14.0. The molecule has 2 aromatic carbocycles. The van der Waals surface area contributed by atoms with Gasteiger partial charge in [0.25, 0.3) is 0 Å². The number of fused-ring (bicyclic) bond motifs is 1. The molecule has 4 aromatic rings. The van der Waals surface area contributed by atoms with Crippen molar-refractivity contribution in [1.29, 1.82) is 0 Å². The van der Waals surface area contributed by atoms with Gasteiger partial charge in [-0.05, 0) is 23.2 Å². The molecule has 0 aliphatic heterocycles. The van der Waals surface area contributed by atoms with E-state index in [-0.39, 0.29) is 5.56 Å². The van der Waals surface area contributed by atoms with Crippen LogP contribution in [-0.2, 0) is 18.8 Å². The van der Waals surface area contributed by atoms with E-state index in [1.165, 1.54) is 0 Å². The van der Waals surface area contributed by atoms with Crippen LogP contribution in [0.4, 0.5) is 8.78 Å². The van der Waals surface area contributed by atoms with E-state index in [4.69, 9.17) is 0 Å². The average Bonchev–Trinajstić information content (AvgIpc) is 2.69. The van der Waals surface area contributed by atoms with E-state index in [0.29, 0.717) is 17.1 Å². The monoisotopic (exact) mass is 547 g/mol. The molecular weight excluding hydrogens is 537 g/mol. The van der Waals surface area contributed by atoms with Crippen molar-refractivity contribution < 1.29 is 27.6 Å². The summed E-state index contributed by atoms with van der Waals surface area (Å²) in [6.45, 7) is 0. The Morgan fingerprint density at radius 1 is 0.846 bits per heavy atom. The summed E-state index contributed by atoms with van der Waals surface area (Å²) >= 11 is 1.61. The summed E-state index contributed by atoms with van der Waals surface area (Å²) in [5.41, 5.74) is 1.84. The van der Waals surface area contributed by atoms with Gasteiger partial charge in [0.05, 0.1) is 11.4 Å². The third-order valence-electron chi connectivity index (χ3n) is 3.76. The first-order chi connectivity index (χ1) is 12.7. The van der Waals surface area contributed by atoms with Gasteiger partial charge in [0.1, 0.15) is 0 Å². The standard InChI is InChI=1S/C20H11F2N2.ClH.Pt/c21-15-8-9-16(17(22)11-15)18-6-3-7-19(24-18)20-10-13-4-1-2-5-14(13)12-23-20;;/h1-8,10-12H;1H;/q-1;;+2/p-1. The fourth-order valence-electron chi connectivity index (χ4n) is 2.58. The molecule has 0 radical (unpaired) electrons. The summed E-state index contributed by atoms with van der Waals surface area (Å²) in [5, 5.41) is 2.09. The third-order valence-corrected chi connectivity index (χ3v) is 3.76. The van der Waals surface area contributed by atoms with Gasteiger partial charge in [0.15, 0.2) is 0 Å². The molecule has 0 saturated heterocycles. The van der Waals surface area contributed by atoms with E-state index in [0.717, 1.165) is 22.9 Å². The number of halogens is 3.